The third-order valence-electron chi connectivity index (χ3n) is 5.39. The first-order valence-electron chi connectivity index (χ1n) is 10.1. The second-order valence-electron chi connectivity index (χ2n) is 7.45. The van der Waals surface area contributed by atoms with Crippen LogP contribution in [-0.2, 0) is 13.1 Å². The molecule has 0 aliphatic carbocycles. The second-order valence-corrected chi connectivity index (χ2v) is 7.86. The summed E-state index contributed by atoms with van der Waals surface area (Å²) in [6.07, 6.45) is 1.34. The second kappa shape index (κ2) is 8.57. The number of ether oxygens (including phenoxy) is 3. The first kappa shape index (κ1) is 20.4. The summed E-state index contributed by atoms with van der Waals surface area (Å²) in [5, 5.41) is 1.14. The van der Waals surface area contributed by atoms with Gasteiger partial charge in [-0.2, -0.15) is 0 Å². The van der Waals surface area contributed by atoms with E-state index in [1.165, 1.54) is 6.26 Å². The van der Waals surface area contributed by atoms with Crippen LogP contribution in [0.25, 0.3) is 11.0 Å². The molecule has 1 aliphatic rings. The first-order valence-corrected chi connectivity index (χ1v) is 10.5. The molecule has 162 valence electrons. The predicted octanol–water partition coefficient (Wildman–Crippen LogP) is 5.60. The molecule has 6 nitrogen and oxygen atoms in total. The van der Waals surface area contributed by atoms with Crippen LogP contribution in [-0.4, -0.2) is 18.7 Å². The van der Waals surface area contributed by atoms with Crippen LogP contribution in [0.5, 0.6) is 23.0 Å². The number of benzene rings is 3. The minimum absolute atomic E-state index is 0.0894. The van der Waals surface area contributed by atoms with Gasteiger partial charge in [0.05, 0.1) is 18.1 Å². The Morgan fingerprint density at radius 2 is 1.78 bits per heavy atom. The molecule has 0 fully saturated rings. The van der Waals surface area contributed by atoms with E-state index in [1.807, 2.05) is 36.4 Å². The molecule has 1 aliphatic heterocycles. The van der Waals surface area contributed by atoms with Gasteiger partial charge >= 0.3 is 0 Å². The third kappa shape index (κ3) is 3.79. The van der Waals surface area contributed by atoms with E-state index in [9.17, 15) is 4.79 Å². The van der Waals surface area contributed by atoms with E-state index >= 15 is 0 Å². The summed E-state index contributed by atoms with van der Waals surface area (Å²) in [5.41, 5.74) is 2.06. The molecule has 0 saturated carbocycles. The topological polar surface area (TPSA) is 61.1 Å². The van der Waals surface area contributed by atoms with Gasteiger partial charge < -0.3 is 18.6 Å². The smallest absolute Gasteiger partial charge is 0.235 e. The van der Waals surface area contributed by atoms with Gasteiger partial charge in [0.1, 0.15) is 24.3 Å². The van der Waals surface area contributed by atoms with Crippen LogP contribution < -0.4 is 19.6 Å². The summed E-state index contributed by atoms with van der Waals surface area (Å²) < 4.78 is 22.9. The Balaban J connectivity index is 1.47. The van der Waals surface area contributed by atoms with Crippen molar-refractivity contribution in [1.29, 1.82) is 0 Å². The fourth-order valence-corrected chi connectivity index (χ4v) is 3.99. The van der Waals surface area contributed by atoms with Crippen LogP contribution in [0.2, 0.25) is 5.02 Å². The van der Waals surface area contributed by atoms with Crippen LogP contribution in [0.1, 0.15) is 11.1 Å². The highest BCUT2D eigenvalue weighted by atomic mass is 35.5. The van der Waals surface area contributed by atoms with Crippen molar-refractivity contribution in [2.45, 2.75) is 13.1 Å². The zero-order valence-electron chi connectivity index (χ0n) is 17.3. The Labute approximate surface area is 189 Å². The van der Waals surface area contributed by atoms with E-state index in [0.717, 1.165) is 11.1 Å². The highest BCUT2D eigenvalue weighted by molar-refractivity contribution is 6.31. The lowest BCUT2D eigenvalue weighted by atomic mass is 10.1. The number of hydrogen-bond donors (Lipinski definition) is 0. The number of hydrogen-bond acceptors (Lipinski definition) is 6. The molecule has 0 atom stereocenters. The Hall–Kier alpha value is -3.48. The Morgan fingerprint density at radius 3 is 2.59 bits per heavy atom. The van der Waals surface area contributed by atoms with Crippen molar-refractivity contribution >= 4 is 22.6 Å². The zero-order chi connectivity index (χ0) is 22.1. The summed E-state index contributed by atoms with van der Waals surface area (Å²) in [6, 6.07) is 18.4. The van der Waals surface area contributed by atoms with Gasteiger partial charge in [-0.1, -0.05) is 41.9 Å². The summed E-state index contributed by atoms with van der Waals surface area (Å²) in [5.74, 6) is 1.76. The largest absolute Gasteiger partial charge is 0.493 e. The molecule has 1 aromatic heterocycles. The third-order valence-corrected chi connectivity index (χ3v) is 5.76. The first-order chi connectivity index (χ1) is 15.6. The molecule has 0 N–H and O–H groups in total. The minimum atomic E-state index is -0.261. The molecule has 0 unspecified atom stereocenters. The van der Waals surface area contributed by atoms with Crippen LogP contribution in [0, 0.1) is 0 Å². The number of fused-ring (bicyclic) bond motifs is 3. The fraction of sp³-hybridized carbons (Fsp3) is 0.160. The summed E-state index contributed by atoms with van der Waals surface area (Å²) >= 11 is 6.31. The maximum absolute atomic E-state index is 13.1. The Bertz CT molecular complexity index is 1350. The summed E-state index contributed by atoms with van der Waals surface area (Å²) in [7, 11) is 1.55. The molecular formula is C25H20ClNO5. The molecule has 32 heavy (non-hydrogen) atoms. The van der Waals surface area contributed by atoms with Crippen molar-refractivity contribution in [3.05, 3.63) is 93.3 Å². The summed E-state index contributed by atoms with van der Waals surface area (Å²) in [4.78, 5) is 15.2. The van der Waals surface area contributed by atoms with Gasteiger partial charge in [0.25, 0.3) is 0 Å². The van der Waals surface area contributed by atoms with Crippen LogP contribution in [0.4, 0.5) is 0 Å². The van der Waals surface area contributed by atoms with Crippen molar-refractivity contribution in [1.82, 2.24) is 4.90 Å². The molecule has 3 aromatic carbocycles. The standard InChI is InChI=1S/C25H20ClNO5/c1-29-21-8-4-5-9-22(21)32-23-14-30-25-17(24(23)28)10-11-20-18(25)13-27(15-31-20)12-16-6-2-3-7-19(16)26/h2-11,14H,12-13,15H2,1H3. The molecule has 0 spiro atoms. The number of rotatable bonds is 5. The van der Waals surface area contributed by atoms with Crippen molar-refractivity contribution in [3.8, 4) is 23.0 Å². The molecule has 0 amide bonds. The van der Waals surface area contributed by atoms with E-state index in [2.05, 4.69) is 4.90 Å². The fourth-order valence-electron chi connectivity index (χ4n) is 3.80. The molecular weight excluding hydrogens is 430 g/mol. The normalized spacial score (nSPS) is 13.4. The summed E-state index contributed by atoms with van der Waals surface area (Å²) in [6.45, 7) is 1.60. The van der Waals surface area contributed by atoms with Crippen molar-refractivity contribution in [3.63, 3.8) is 0 Å². The van der Waals surface area contributed by atoms with Crippen molar-refractivity contribution in [2.24, 2.45) is 0 Å². The highest BCUT2D eigenvalue weighted by Gasteiger charge is 2.23. The van der Waals surface area contributed by atoms with Gasteiger partial charge in [0.2, 0.25) is 11.2 Å². The molecule has 0 saturated heterocycles. The maximum atomic E-state index is 13.1. The van der Waals surface area contributed by atoms with E-state index in [-0.39, 0.29) is 11.2 Å². The lowest BCUT2D eigenvalue weighted by Gasteiger charge is -2.29. The van der Waals surface area contributed by atoms with Gasteiger partial charge in [-0.15, -0.1) is 0 Å². The van der Waals surface area contributed by atoms with Gasteiger partial charge in [-0.05, 0) is 35.9 Å². The van der Waals surface area contributed by atoms with Gasteiger partial charge in [0.15, 0.2) is 11.5 Å². The maximum Gasteiger partial charge on any atom is 0.235 e. The van der Waals surface area contributed by atoms with E-state index in [1.54, 1.807) is 31.4 Å². The molecule has 7 heteroatoms. The van der Waals surface area contributed by atoms with Gasteiger partial charge in [-0.25, -0.2) is 0 Å². The predicted molar refractivity (Wildman–Crippen MR) is 122 cm³/mol. The Morgan fingerprint density at radius 1 is 1.00 bits per heavy atom. The van der Waals surface area contributed by atoms with Crippen LogP contribution in [0.3, 0.4) is 0 Å². The van der Waals surface area contributed by atoms with Gasteiger partial charge in [-0.3, -0.25) is 9.69 Å². The van der Waals surface area contributed by atoms with Crippen molar-refractivity contribution < 1.29 is 18.6 Å². The number of halogens is 1. The molecule has 4 aromatic rings. The van der Waals surface area contributed by atoms with Crippen molar-refractivity contribution in [2.75, 3.05) is 13.8 Å². The SMILES string of the molecule is COc1ccccc1Oc1coc2c3c(ccc2c1=O)OCN(Cc1ccccc1Cl)C3. The molecule has 2 heterocycles. The van der Waals surface area contributed by atoms with Crippen LogP contribution in [0.15, 0.2) is 76.1 Å². The van der Waals surface area contributed by atoms with E-state index in [0.29, 0.717) is 53.1 Å². The number of para-hydroxylation sites is 2. The average molecular weight is 450 g/mol. The lowest BCUT2D eigenvalue weighted by Crippen LogP contribution is -2.31. The monoisotopic (exact) mass is 449 g/mol. The highest BCUT2D eigenvalue weighted by Crippen LogP contribution is 2.35. The lowest BCUT2D eigenvalue weighted by molar-refractivity contribution is 0.0890. The number of nitrogens with zero attached hydrogens (tertiary/aromatic N) is 1. The quantitative estimate of drug-likeness (QED) is 0.395. The van der Waals surface area contributed by atoms with E-state index in [4.69, 9.17) is 30.2 Å². The Kier molecular flexibility index (Phi) is 5.47. The average Bonchev–Trinajstić information content (AvgIpc) is 2.82. The number of methoxy groups -OCH3 is 1. The molecule has 0 radical (unpaired) electrons. The molecule has 5 rings (SSSR count). The van der Waals surface area contributed by atoms with E-state index < -0.39 is 0 Å². The molecule has 0 bridgehead atoms. The minimum Gasteiger partial charge on any atom is -0.493 e. The van der Waals surface area contributed by atoms with Crippen LogP contribution >= 0.6 is 11.6 Å². The zero-order valence-corrected chi connectivity index (χ0v) is 18.1. The van der Waals surface area contributed by atoms with Gasteiger partial charge in [0, 0.05) is 18.1 Å².